The Morgan fingerprint density at radius 1 is 1.38 bits per heavy atom. The van der Waals surface area contributed by atoms with Crippen LogP contribution < -0.4 is 15.8 Å². The van der Waals surface area contributed by atoms with E-state index in [0.29, 0.717) is 0 Å². The first-order chi connectivity index (χ1) is 9.74. The third kappa shape index (κ3) is 5.68. The molecule has 0 fully saturated rings. The first-order valence-corrected chi connectivity index (χ1v) is 8.08. The van der Waals surface area contributed by atoms with E-state index in [1.165, 1.54) is 0 Å². The Morgan fingerprint density at radius 3 is 2.62 bits per heavy atom. The number of nitrogens with one attached hydrogen (secondary N) is 2. The second-order valence-corrected chi connectivity index (χ2v) is 6.51. The number of hydrogen-bond acceptors (Lipinski definition) is 4. The summed E-state index contributed by atoms with van der Waals surface area (Å²) in [6.45, 7) is 3.72. The van der Waals surface area contributed by atoms with Crippen molar-refractivity contribution in [1.29, 1.82) is 0 Å². The predicted octanol–water partition coefficient (Wildman–Crippen LogP) is 0.991. The van der Waals surface area contributed by atoms with Crippen LogP contribution in [-0.4, -0.2) is 26.9 Å². The Kier molecular flexibility index (Phi) is 6.10. The van der Waals surface area contributed by atoms with Crippen molar-refractivity contribution in [3.63, 3.8) is 0 Å². The monoisotopic (exact) mass is 317 g/mol. The molecule has 1 aromatic rings. The molecule has 1 unspecified atom stereocenters. The molecular weight excluding hydrogens is 297 g/mol. The van der Waals surface area contributed by atoms with Gasteiger partial charge < -0.3 is 11.1 Å². The lowest BCUT2D eigenvalue weighted by Crippen LogP contribution is -2.35. The fourth-order valence-corrected chi connectivity index (χ4v) is 2.67. The maximum absolute atomic E-state index is 13.2. The average molecular weight is 317 g/mol. The number of benzene rings is 1. The molecule has 0 aliphatic rings. The topological polar surface area (TPSA) is 101 Å². The van der Waals surface area contributed by atoms with Crippen molar-refractivity contribution in [3.8, 4) is 0 Å². The highest BCUT2D eigenvalue weighted by Crippen LogP contribution is 2.15. The average Bonchev–Trinajstić information content (AvgIpc) is 2.37. The van der Waals surface area contributed by atoms with Crippen LogP contribution in [0.1, 0.15) is 26.7 Å². The van der Waals surface area contributed by atoms with E-state index in [1.807, 2.05) is 13.8 Å². The maximum Gasteiger partial charge on any atom is 0.240 e. The van der Waals surface area contributed by atoms with Gasteiger partial charge in [0.1, 0.15) is 5.82 Å². The van der Waals surface area contributed by atoms with E-state index in [4.69, 9.17) is 5.73 Å². The summed E-state index contributed by atoms with van der Waals surface area (Å²) in [6.07, 6.45) is 0.800. The number of halogens is 1. The lowest BCUT2D eigenvalue weighted by atomic mass is 10.2. The van der Waals surface area contributed by atoms with E-state index in [2.05, 4.69) is 10.0 Å². The van der Waals surface area contributed by atoms with E-state index in [9.17, 15) is 17.6 Å². The molecule has 1 atom stereocenters. The maximum atomic E-state index is 13.2. The van der Waals surface area contributed by atoms with Crippen molar-refractivity contribution >= 4 is 21.6 Å². The van der Waals surface area contributed by atoms with Gasteiger partial charge in [-0.15, -0.1) is 0 Å². The van der Waals surface area contributed by atoms with E-state index >= 15 is 0 Å². The highest BCUT2D eigenvalue weighted by atomic mass is 32.2. The molecule has 0 saturated heterocycles. The van der Waals surface area contributed by atoms with Crippen LogP contribution in [-0.2, 0) is 14.8 Å². The highest BCUT2D eigenvalue weighted by Gasteiger charge is 2.16. The highest BCUT2D eigenvalue weighted by molar-refractivity contribution is 7.89. The number of carbonyl (C=O) groups excluding carboxylic acids is 1. The zero-order valence-corrected chi connectivity index (χ0v) is 12.8. The van der Waals surface area contributed by atoms with Gasteiger partial charge in [0.2, 0.25) is 15.9 Å². The number of sulfonamides is 1. The molecule has 0 aliphatic carbocycles. The van der Waals surface area contributed by atoms with Crippen molar-refractivity contribution in [3.05, 3.63) is 24.0 Å². The van der Waals surface area contributed by atoms with E-state index < -0.39 is 15.8 Å². The summed E-state index contributed by atoms with van der Waals surface area (Å²) in [7, 11) is -3.88. The van der Waals surface area contributed by atoms with E-state index in [-0.39, 0.29) is 35.5 Å². The molecule has 0 spiro atoms. The minimum Gasteiger partial charge on any atom is -0.399 e. The number of anilines is 1. The zero-order valence-electron chi connectivity index (χ0n) is 12.0. The van der Waals surface area contributed by atoms with Gasteiger partial charge in [0.25, 0.3) is 0 Å². The van der Waals surface area contributed by atoms with Crippen LogP contribution in [0.3, 0.4) is 0 Å². The second-order valence-electron chi connectivity index (χ2n) is 4.74. The van der Waals surface area contributed by atoms with Crippen molar-refractivity contribution in [2.75, 3.05) is 12.3 Å². The fraction of sp³-hybridized carbons (Fsp3) is 0.462. The van der Waals surface area contributed by atoms with Gasteiger partial charge in [-0.25, -0.2) is 17.5 Å². The van der Waals surface area contributed by atoms with Gasteiger partial charge in [0.15, 0.2) is 0 Å². The van der Waals surface area contributed by atoms with Gasteiger partial charge in [-0.05, 0) is 31.5 Å². The molecule has 118 valence electrons. The number of nitrogens with two attached hydrogens (primary N) is 1. The molecule has 8 heteroatoms. The molecular formula is C13H20FN3O3S. The minimum absolute atomic E-state index is 0.00830. The molecule has 4 N–H and O–H groups in total. The van der Waals surface area contributed by atoms with Gasteiger partial charge >= 0.3 is 0 Å². The number of amides is 1. The molecule has 0 bridgehead atoms. The van der Waals surface area contributed by atoms with Crippen LogP contribution in [0.5, 0.6) is 0 Å². The standard InChI is InChI=1S/C13H20FN3O3S/c1-3-9(2)17-13(18)4-5-16-21(19,20)12-7-10(14)6-11(15)8-12/h6-9,16H,3-5,15H2,1-2H3,(H,17,18). The molecule has 21 heavy (non-hydrogen) atoms. The van der Waals surface area contributed by atoms with Gasteiger partial charge in [-0.3, -0.25) is 4.79 Å². The Morgan fingerprint density at radius 2 is 2.05 bits per heavy atom. The van der Waals surface area contributed by atoms with Crippen LogP contribution in [0.25, 0.3) is 0 Å². The molecule has 0 saturated carbocycles. The summed E-state index contributed by atoms with van der Waals surface area (Å²) in [5.41, 5.74) is 5.43. The number of nitrogen functional groups attached to an aromatic ring is 1. The Balaban J connectivity index is 2.59. The third-order valence-electron chi connectivity index (χ3n) is 2.87. The number of rotatable bonds is 7. The van der Waals surface area contributed by atoms with Gasteiger partial charge in [0.05, 0.1) is 4.90 Å². The van der Waals surface area contributed by atoms with Crippen LogP contribution in [0.2, 0.25) is 0 Å². The molecule has 1 aromatic carbocycles. The molecule has 0 radical (unpaired) electrons. The lowest BCUT2D eigenvalue weighted by molar-refractivity contribution is -0.121. The normalized spacial score (nSPS) is 12.9. The Bertz CT molecular complexity index is 584. The van der Waals surface area contributed by atoms with Crippen molar-refractivity contribution < 1.29 is 17.6 Å². The summed E-state index contributed by atoms with van der Waals surface area (Å²) in [5, 5.41) is 2.72. The lowest BCUT2D eigenvalue weighted by Gasteiger charge is -2.12. The molecule has 1 amide bonds. The molecule has 1 rings (SSSR count). The van der Waals surface area contributed by atoms with Crippen LogP contribution in [0, 0.1) is 5.82 Å². The van der Waals surface area contributed by atoms with Crippen LogP contribution in [0.15, 0.2) is 23.1 Å². The van der Waals surface area contributed by atoms with Crippen LogP contribution >= 0.6 is 0 Å². The Hall–Kier alpha value is -1.67. The fourth-order valence-electron chi connectivity index (χ4n) is 1.57. The SMILES string of the molecule is CCC(C)NC(=O)CCNS(=O)(=O)c1cc(N)cc(F)c1. The van der Waals surface area contributed by atoms with E-state index in [1.54, 1.807) is 0 Å². The smallest absolute Gasteiger partial charge is 0.240 e. The summed E-state index contributed by atoms with van der Waals surface area (Å²) < 4.78 is 39.3. The molecule has 0 heterocycles. The van der Waals surface area contributed by atoms with Gasteiger partial charge in [-0.1, -0.05) is 6.92 Å². The largest absolute Gasteiger partial charge is 0.399 e. The first kappa shape index (κ1) is 17.4. The minimum atomic E-state index is -3.88. The summed E-state index contributed by atoms with van der Waals surface area (Å²) in [4.78, 5) is 11.3. The van der Waals surface area contributed by atoms with Crippen molar-refractivity contribution in [2.45, 2.75) is 37.6 Å². The Labute approximate surface area is 124 Å². The summed E-state index contributed by atoms with van der Waals surface area (Å²) in [6, 6.07) is 3.10. The molecule has 0 aliphatic heterocycles. The second kappa shape index (κ2) is 7.37. The van der Waals surface area contributed by atoms with Crippen molar-refractivity contribution in [1.82, 2.24) is 10.0 Å². The zero-order chi connectivity index (χ0) is 16.0. The van der Waals surface area contributed by atoms with Gasteiger partial charge in [0, 0.05) is 24.7 Å². The summed E-state index contributed by atoms with van der Waals surface area (Å²) >= 11 is 0. The number of carbonyl (C=O) groups is 1. The quantitative estimate of drug-likeness (QED) is 0.653. The molecule has 0 aromatic heterocycles. The first-order valence-electron chi connectivity index (χ1n) is 6.59. The van der Waals surface area contributed by atoms with Crippen molar-refractivity contribution in [2.24, 2.45) is 0 Å². The third-order valence-corrected chi connectivity index (χ3v) is 4.31. The van der Waals surface area contributed by atoms with E-state index in [0.717, 1.165) is 24.6 Å². The summed E-state index contributed by atoms with van der Waals surface area (Å²) in [5.74, 6) is -0.976. The molecule has 6 nitrogen and oxygen atoms in total. The number of hydrogen-bond donors (Lipinski definition) is 3. The van der Waals surface area contributed by atoms with Crippen LogP contribution in [0.4, 0.5) is 10.1 Å². The predicted molar refractivity (Wildman–Crippen MR) is 78.5 cm³/mol. The van der Waals surface area contributed by atoms with Gasteiger partial charge in [-0.2, -0.15) is 0 Å².